The molecule has 3 rings (SSSR count). The highest BCUT2D eigenvalue weighted by Crippen LogP contribution is 2.37. The Labute approximate surface area is 127 Å². The van der Waals surface area contributed by atoms with Gasteiger partial charge in [-0.2, -0.15) is 5.10 Å². The molecule has 2 aliphatic rings. The van der Waals surface area contributed by atoms with Crippen molar-refractivity contribution in [3.8, 4) is 0 Å². The van der Waals surface area contributed by atoms with Gasteiger partial charge in [0.1, 0.15) is 0 Å². The lowest BCUT2D eigenvalue weighted by Crippen LogP contribution is -2.41. The van der Waals surface area contributed by atoms with Crippen LogP contribution in [0.4, 0.5) is 0 Å². The summed E-state index contributed by atoms with van der Waals surface area (Å²) in [5, 5.41) is 8.04. The van der Waals surface area contributed by atoms with Crippen LogP contribution in [-0.2, 0) is 16.0 Å². The molecule has 2 saturated heterocycles. The van der Waals surface area contributed by atoms with Crippen LogP contribution in [0.1, 0.15) is 44.7 Å². The zero-order chi connectivity index (χ0) is 14.7. The van der Waals surface area contributed by atoms with E-state index >= 15 is 0 Å². The number of hydrogen-bond acceptors (Lipinski definition) is 4. The Balaban J connectivity index is 1.57. The highest BCUT2D eigenvalue weighted by molar-refractivity contribution is 5.05. The first-order valence-corrected chi connectivity index (χ1v) is 8.12. The summed E-state index contributed by atoms with van der Waals surface area (Å²) < 4.78 is 13.7. The highest BCUT2D eigenvalue weighted by atomic mass is 16.6. The van der Waals surface area contributed by atoms with Gasteiger partial charge in [-0.3, -0.25) is 4.68 Å². The van der Waals surface area contributed by atoms with Gasteiger partial charge in [0.2, 0.25) is 0 Å². The minimum atomic E-state index is -0.0507. The van der Waals surface area contributed by atoms with Crippen LogP contribution in [0.15, 0.2) is 12.4 Å². The first kappa shape index (κ1) is 15.0. The lowest BCUT2D eigenvalue weighted by Gasteiger charge is -2.37. The summed E-state index contributed by atoms with van der Waals surface area (Å²) in [7, 11) is 0. The van der Waals surface area contributed by atoms with Crippen molar-refractivity contribution < 1.29 is 9.47 Å². The molecule has 0 radical (unpaired) electrons. The maximum Gasteiger partial charge on any atom is 0.0957 e. The number of nitrogens with one attached hydrogen (secondary N) is 1. The molecule has 3 heterocycles. The molecular weight excluding hydrogens is 266 g/mol. The lowest BCUT2D eigenvalue weighted by molar-refractivity contribution is -0.0962. The molecular formula is C16H27N3O2. The Morgan fingerprint density at radius 2 is 2.38 bits per heavy atom. The average molecular weight is 293 g/mol. The van der Waals surface area contributed by atoms with Crippen molar-refractivity contribution in [1.82, 2.24) is 15.1 Å². The molecule has 0 saturated carbocycles. The standard InChI is InChI=1S/C16H27N3O2/c1-13(2)8-17-9-14-10-18-19(11-14)15-3-5-21-16(7-15)4-6-20-12-16/h10-11,13,15,17H,3-9,12H2,1-2H3. The van der Waals surface area contributed by atoms with E-state index in [2.05, 4.69) is 35.1 Å². The molecule has 0 amide bonds. The molecule has 2 unspecified atom stereocenters. The fourth-order valence-corrected chi connectivity index (χ4v) is 3.26. The average Bonchev–Trinajstić information content (AvgIpc) is 3.09. The summed E-state index contributed by atoms with van der Waals surface area (Å²) in [6.45, 7) is 8.78. The van der Waals surface area contributed by atoms with Crippen LogP contribution in [0.5, 0.6) is 0 Å². The van der Waals surface area contributed by atoms with Crippen molar-refractivity contribution in [3.05, 3.63) is 18.0 Å². The van der Waals surface area contributed by atoms with Crippen molar-refractivity contribution in [2.45, 2.75) is 51.3 Å². The molecule has 0 bridgehead atoms. The van der Waals surface area contributed by atoms with Gasteiger partial charge in [-0.25, -0.2) is 0 Å². The van der Waals surface area contributed by atoms with Gasteiger partial charge in [0.25, 0.3) is 0 Å². The van der Waals surface area contributed by atoms with Gasteiger partial charge in [-0.15, -0.1) is 0 Å². The smallest absolute Gasteiger partial charge is 0.0957 e. The highest BCUT2D eigenvalue weighted by Gasteiger charge is 2.41. The Hall–Kier alpha value is -0.910. The van der Waals surface area contributed by atoms with E-state index < -0.39 is 0 Å². The van der Waals surface area contributed by atoms with Crippen LogP contribution in [-0.4, -0.2) is 41.7 Å². The Morgan fingerprint density at radius 1 is 1.48 bits per heavy atom. The molecule has 0 aliphatic carbocycles. The minimum Gasteiger partial charge on any atom is -0.378 e. The van der Waals surface area contributed by atoms with Gasteiger partial charge in [-0.1, -0.05) is 13.8 Å². The quantitative estimate of drug-likeness (QED) is 0.903. The summed E-state index contributed by atoms with van der Waals surface area (Å²) in [5.41, 5.74) is 1.21. The van der Waals surface area contributed by atoms with E-state index in [1.165, 1.54) is 5.56 Å². The monoisotopic (exact) mass is 293 g/mol. The van der Waals surface area contributed by atoms with Gasteiger partial charge in [0, 0.05) is 44.4 Å². The first-order valence-electron chi connectivity index (χ1n) is 8.12. The van der Waals surface area contributed by atoms with Gasteiger partial charge < -0.3 is 14.8 Å². The second kappa shape index (κ2) is 6.46. The number of rotatable bonds is 5. The summed E-state index contributed by atoms with van der Waals surface area (Å²) in [4.78, 5) is 0. The second-order valence-electron chi connectivity index (χ2n) is 6.83. The van der Waals surface area contributed by atoms with Crippen LogP contribution < -0.4 is 5.32 Å². The summed E-state index contributed by atoms with van der Waals surface area (Å²) >= 11 is 0. The van der Waals surface area contributed by atoms with Crippen molar-refractivity contribution in [2.75, 3.05) is 26.4 Å². The van der Waals surface area contributed by atoms with Gasteiger partial charge in [0.15, 0.2) is 0 Å². The number of aromatic nitrogens is 2. The molecule has 1 spiro atoms. The molecule has 21 heavy (non-hydrogen) atoms. The van der Waals surface area contributed by atoms with Crippen LogP contribution in [0.3, 0.4) is 0 Å². The molecule has 1 aromatic heterocycles. The third kappa shape index (κ3) is 3.65. The predicted molar refractivity (Wildman–Crippen MR) is 81.2 cm³/mol. The fourth-order valence-electron chi connectivity index (χ4n) is 3.26. The molecule has 5 nitrogen and oxygen atoms in total. The van der Waals surface area contributed by atoms with Crippen LogP contribution in [0.2, 0.25) is 0 Å². The number of hydrogen-bond donors (Lipinski definition) is 1. The third-order valence-electron chi connectivity index (χ3n) is 4.44. The normalized spacial score (nSPS) is 29.6. The molecule has 2 aliphatic heterocycles. The SMILES string of the molecule is CC(C)CNCc1cnn(C2CCOC3(CCOC3)C2)c1. The Kier molecular flexibility index (Phi) is 4.62. The van der Waals surface area contributed by atoms with Gasteiger partial charge in [-0.05, 0) is 18.9 Å². The first-order chi connectivity index (χ1) is 10.2. The summed E-state index contributed by atoms with van der Waals surface area (Å²) in [5.74, 6) is 0.678. The lowest BCUT2D eigenvalue weighted by atomic mass is 9.90. The minimum absolute atomic E-state index is 0.0507. The van der Waals surface area contributed by atoms with Crippen molar-refractivity contribution in [3.63, 3.8) is 0 Å². The van der Waals surface area contributed by atoms with Gasteiger partial charge in [0.05, 0.1) is 24.4 Å². The van der Waals surface area contributed by atoms with Crippen molar-refractivity contribution in [1.29, 1.82) is 0 Å². The van der Waals surface area contributed by atoms with Crippen LogP contribution in [0.25, 0.3) is 0 Å². The zero-order valence-corrected chi connectivity index (χ0v) is 13.2. The topological polar surface area (TPSA) is 48.3 Å². The molecule has 1 N–H and O–H groups in total. The largest absolute Gasteiger partial charge is 0.378 e. The summed E-state index contributed by atoms with van der Waals surface area (Å²) in [6.07, 6.45) is 7.26. The fraction of sp³-hybridized carbons (Fsp3) is 0.812. The van der Waals surface area contributed by atoms with Crippen molar-refractivity contribution in [2.24, 2.45) is 5.92 Å². The van der Waals surface area contributed by atoms with Gasteiger partial charge >= 0.3 is 0 Å². The third-order valence-corrected chi connectivity index (χ3v) is 4.44. The Bertz CT molecular complexity index is 452. The van der Waals surface area contributed by atoms with Crippen LogP contribution >= 0.6 is 0 Å². The van der Waals surface area contributed by atoms with E-state index in [0.29, 0.717) is 12.0 Å². The van der Waals surface area contributed by atoms with E-state index in [0.717, 1.165) is 52.2 Å². The summed E-state index contributed by atoms with van der Waals surface area (Å²) in [6, 6.07) is 0.444. The molecule has 118 valence electrons. The Morgan fingerprint density at radius 3 is 3.14 bits per heavy atom. The number of nitrogens with zero attached hydrogens (tertiary/aromatic N) is 2. The molecule has 1 aromatic rings. The maximum absolute atomic E-state index is 6.00. The molecule has 2 atom stereocenters. The molecule has 0 aromatic carbocycles. The predicted octanol–water partition coefficient (Wildman–Crippen LogP) is 2.14. The van der Waals surface area contributed by atoms with Crippen molar-refractivity contribution >= 4 is 0 Å². The molecule has 2 fully saturated rings. The van der Waals surface area contributed by atoms with Crippen LogP contribution in [0, 0.1) is 5.92 Å². The number of ether oxygens (including phenoxy) is 2. The van der Waals surface area contributed by atoms with E-state index in [-0.39, 0.29) is 5.60 Å². The zero-order valence-electron chi connectivity index (χ0n) is 13.2. The van der Waals surface area contributed by atoms with E-state index in [4.69, 9.17) is 9.47 Å². The molecule has 5 heteroatoms. The van der Waals surface area contributed by atoms with E-state index in [1.807, 2.05) is 6.20 Å². The maximum atomic E-state index is 6.00. The van der Waals surface area contributed by atoms with E-state index in [9.17, 15) is 0 Å². The van der Waals surface area contributed by atoms with E-state index in [1.54, 1.807) is 0 Å². The second-order valence-corrected chi connectivity index (χ2v) is 6.83.